The van der Waals surface area contributed by atoms with Crippen molar-refractivity contribution in [3.05, 3.63) is 29.8 Å². The molecule has 1 aliphatic heterocycles. The fourth-order valence-electron chi connectivity index (χ4n) is 2.38. The third kappa shape index (κ3) is 2.41. The zero-order valence-electron chi connectivity index (χ0n) is 12.0. The molecular weight excluding hydrogens is 256 g/mol. The summed E-state index contributed by atoms with van der Waals surface area (Å²) in [6.07, 6.45) is 0.327. The second kappa shape index (κ2) is 4.90. The molecule has 0 saturated heterocycles. The van der Waals surface area contributed by atoms with Gasteiger partial charge in [0.05, 0.1) is 6.04 Å². The largest absolute Gasteiger partial charge is 0.480 e. The summed E-state index contributed by atoms with van der Waals surface area (Å²) in [5, 5.41) is 9.35. The highest BCUT2D eigenvalue weighted by Crippen LogP contribution is 2.34. The smallest absolute Gasteiger partial charge is 0.327 e. The Kier molecular flexibility index (Phi) is 3.56. The van der Waals surface area contributed by atoms with Crippen LogP contribution in [0.5, 0.6) is 0 Å². The molecule has 0 radical (unpaired) electrons. The maximum atomic E-state index is 12.6. The first kappa shape index (κ1) is 14.5. The van der Waals surface area contributed by atoms with Gasteiger partial charge in [0, 0.05) is 12.1 Å². The van der Waals surface area contributed by atoms with Gasteiger partial charge in [-0.3, -0.25) is 9.69 Å². The van der Waals surface area contributed by atoms with E-state index in [0.717, 1.165) is 5.56 Å². The molecule has 20 heavy (non-hydrogen) atoms. The fourth-order valence-corrected chi connectivity index (χ4v) is 2.38. The lowest BCUT2D eigenvalue weighted by atomic mass is 9.86. The molecule has 1 aliphatic rings. The summed E-state index contributed by atoms with van der Waals surface area (Å²) in [6, 6.07) is 5.65. The molecule has 1 aromatic carbocycles. The van der Waals surface area contributed by atoms with E-state index in [1.165, 1.54) is 4.90 Å². The summed E-state index contributed by atoms with van der Waals surface area (Å²) in [5.74, 6) is -1.34. The minimum absolute atomic E-state index is 0.327. The molecule has 1 heterocycles. The van der Waals surface area contributed by atoms with Gasteiger partial charge in [-0.15, -0.1) is 0 Å². The molecule has 1 amide bonds. The first-order chi connectivity index (χ1) is 9.23. The van der Waals surface area contributed by atoms with Crippen LogP contribution in [-0.2, 0) is 16.0 Å². The van der Waals surface area contributed by atoms with Crippen LogP contribution in [-0.4, -0.2) is 29.1 Å². The monoisotopic (exact) mass is 276 g/mol. The Bertz CT molecular complexity index is 548. The van der Waals surface area contributed by atoms with Gasteiger partial charge in [-0.2, -0.15) is 0 Å². The third-order valence-corrected chi connectivity index (χ3v) is 3.70. The lowest BCUT2D eigenvalue weighted by molar-refractivity contribution is -0.140. The molecular formula is C15H20N2O3. The van der Waals surface area contributed by atoms with E-state index in [-0.39, 0.29) is 5.91 Å². The van der Waals surface area contributed by atoms with Gasteiger partial charge in [-0.25, -0.2) is 4.79 Å². The Hall–Kier alpha value is -1.88. The molecule has 2 atom stereocenters. The maximum Gasteiger partial charge on any atom is 0.327 e. The number of hydrogen-bond acceptors (Lipinski definition) is 3. The van der Waals surface area contributed by atoms with Gasteiger partial charge in [0.15, 0.2) is 0 Å². The minimum atomic E-state index is -1.00. The van der Waals surface area contributed by atoms with Crippen LogP contribution in [0.4, 0.5) is 5.69 Å². The van der Waals surface area contributed by atoms with Crippen LogP contribution in [0, 0.1) is 5.41 Å². The second-order valence-electron chi connectivity index (χ2n) is 6.24. The highest BCUT2D eigenvalue weighted by Gasteiger charge is 2.42. The van der Waals surface area contributed by atoms with Crippen LogP contribution < -0.4 is 10.6 Å². The van der Waals surface area contributed by atoms with E-state index in [1.54, 1.807) is 12.1 Å². The third-order valence-electron chi connectivity index (χ3n) is 3.70. The van der Waals surface area contributed by atoms with Crippen molar-refractivity contribution in [2.75, 3.05) is 4.90 Å². The molecule has 0 bridgehead atoms. The van der Waals surface area contributed by atoms with Gasteiger partial charge in [0.2, 0.25) is 5.91 Å². The number of carbonyl (C=O) groups is 2. The van der Waals surface area contributed by atoms with Crippen LogP contribution in [0.1, 0.15) is 26.3 Å². The van der Waals surface area contributed by atoms with E-state index in [2.05, 4.69) is 0 Å². The van der Waals surface area contributed by atoms with Crippen LogP contribution >= 0.6 is 0 Å². The number of fused-ring (bicyclic) bond motifs is 1. The van der Waals surface area contributed by atoms with Gasteiger partial charge >= 0.3 is 5.97 Å². The van der Waals surface area contributed by atoms with Crippen molar-refractivity contribution >= 4 is 17.6 Å². The van der Waals surface area contributed by atoms with Crippen molar-refractivity contribution in [1.82, 2.24) is 0 Å². The van der Waals surface area contributed by atoms with Crippen LogP contribution in [0.25, 0.3) is 0 Å². The average molecular weight is 276 g/mol. The number of anilines is 1. The highest BCUT2D eigenvalue weighted by atomic mass is 16.4. The summed E-state index contributed by atoms with van der Waals surface area (Å²) in [7, 11) is 0. The van der Waals surface area contributed by atoms with Gasteiger partial charge < -0.3 is 10.8 Å². The van der Waals surface area contributed by atoms with Crippen molar-refractivity contribution in [1.29, 1.82) is 0 Å². The van der Waals surface area contributed by atoms with E-state index >= 15 is 0 Å². The molecule has 5 nitrogen and oxygen atoms in total. The van der Waals surface area contributed by atoms with Crippen molar-refractivity contribution in [2.45, 2.75) is 39.3 Å². The van der Waals surface area contributed by atoms with E-state index in [4.69, 9.17) is 5.73 Å². The van der Waals surface area contributed by atoms with Crippen molar-refractivity contribution in [3.63, 3.8) is 0 Å². The molecule has 0 spiro atoms. The standard InChI is InChI=1S/C15H20N2O3/c1-15(2,3)12(16)13(18)17-10-7-5-4-6-9(10)8-11(17)14(19)20/h4-7,11-12H,8,16H2,1-3H3,(H,19,20)/t11-,12?/m0/s1. The highest BCUT2D eigenvalue weighted by molar-refractivity contribution is 6.04. The first-order valence-electron chi connectivity index (χ1n) is 6.63. The number of para-hydroxylation sites is 1. The summed E-state index contributed by atoms with van der Waals surface area (Å²) >= 11 is 0. The minimum Gasteiger partial charge on any atom is -0.480 e. The number of benzene rings is 1. The van der Waals surface area contributed by atoms with Gasteiger partial charge in [-0.1, -0.05) is 39.0 Å². The van der Waals surface area contributed by atoms with Crippen molar-refractivity contribution in [2.24, 2.45) is 11.1 Å². The summed E-state index contributed by atoms with van der Waals surface area (Å²) in [6.45, 7) is 5.61. The van der Waals surface area contributed by atoms with Crippen LogP contribution in [0.3, 0.4) is 0 Å². The average Bonchev–Trinajstić information content (AvgIpc) is 2.75. The van der Waals surface area contributed by atoms with Gasteiger partial charge in [0.1, 0.15) is 6.04 Å². The number of nitrogens with two attached hydrogens (primary N) is 1. The molecule has 108 valence electrons. The second-order valence-corrected chi connectivity index (χ2v) is 6.24. The molecule has 0 aromatic heterocycles. The number of carbonyl (C=O) groups excluding carboxylic acids is 1. The first-order valence-corrected chi connectivity index (χ1v) is 6.63. The molecule has 5 heteroatoms. The Labute approximate surface area is 118 Å². The summed E-state index contributed by atoms with van der Waals surface area (Å²) in [4.78, 5) is 25.4. The number of aliphatic carboxylic acids is 1. The van der Waals surface area contributed by atoms with Crippen molar-refractivity contribution < 1.29 is 14.7 Å². The number of hydrogen-bond donors (Lipinski definition) is 2. The zero-order valence-corrected chi connectivity index (χ0v) is 12.0. The zero-order chi connectivity index (χ0) is 15.1. The molecule has 1 aromatic rings. The Morgan fingerprint density at radius 1 is 1.35 bits per heavy atom. The fraction of sp³-hybridized carbons (Fsp3) is 0.467. The molecule has 0 saturated carbocycles. The Balaban J connectivity index is 2.41. The SMILES string of the molecule is CC(C)(C)C(N)C(=O)N1c2ccccc2C[C@H]1C(=O)O. The Morgan fingerprint density at radius 3 is 2.50 bits per heavy atom. The number of carboxylic acid groups (broad SMARTS) is 1. The molecule has 2 rings (SSSR count). The molecule has 0 fully saturated rings. The maximum absolute atomic E-state index is 12.6. The van der Waals surface area contributed by atoms with Crippen LogP contribution in [0.15, 0.2) is 24.3 Å². The Morgan fingerprint density at radius 2 is 1.95 bits per heavy atom. The number of carboxylic acids is 1. The quantitative estimate of drug-likeness (QED) is 0.855. The van der Waals surface area contributed by atoms with Crippen LogP contribution in [0.2, 0.25) is 0 Å². The van der Waals surface area contributed by atoms with Crippen molar-refractivity contribution in [3.8, 4) is 0 Å². The number of rotatable bonds is 2. The van der Waals surface area contributed by atoms with Gasteiger partial charge in [0.25, 0.3) is 0 Å². The predicted molar refractivity (Wildman–Crippen MR) is 76.5 cm³/mol. The normalized spacial score (nSPS) is 19.6. The van der Waals surface area contributed by atoms with E-state index < -0.39 is 23.5 Å². The summed E-state index contributed by atoms with van der Waals surface area (Å²) < 4.78 is 0. The summed E-state index contributed by atoms with van der Waals surface area (Å²) in [5.41, 5.74) is 7.12. The molecule has 3 N–H and O–H groups in total. The van der Waals surface area contributed by atoms with E-state index in [1.807, 2.05) is 32.9 Å². The lowest BCUT2D eigenvalue weighted by Gasteiger charge is -2.32. The van der Waals surface area contributed by atoms with Gasteiger partial charge in [-0.05, 0) is 17.0 Å². The molecule has 1 unspecified atom stereocenters. The number of nitrogens with zero attached hydrogens (tertiary/aromatic N) is 1. The number of amides is 1. The predicted octanol–water partition coefficient (Wildman–Crippen LogP) is 1.40. The lowest BCUT2D eigenvalue weighted by Crippen LogP contribution is -2.54. The van der Waals surface area contributed by atoms with E-state index in [9.17, 15) is 14.7 Å². The van der Waals surface area contributed by atoms with E-state index in [0.29, 0.717) is 12.1 Å². The molecule has 0 aliphatic carbocycles. The topological polar surface area (TPSA) is 83.6 Å².